The predicted octanol–water partition coefficient (Wildman–Crippen LogP) is 11.3. The Balaban J connectivity index is 0.000000698. The first-order chi connectivity index (χ1) is 21.7. The molecule has 5 unspecified atom stereocenters. The number of unbranched alkanes of at least 4 members (excludes halogenated alkanes) is 1. The summed E-state index contributed by atoms with van der Waals surface area (Å²) in [5.74, 6) is 0.385. The van der Waals surface area contributed by atoms with Crippen molar-refractivity contribution < 1.29 is 41.8 Å². The van der Waals surface area contributed by atoms with Gasteiger partial charge in [-0.2, -0.15) is 13.2 Å². The van der Waals surface area contributed by atoms with E-state index in [-0.39, 0.29) is 34.3 Å². The van der Waals surface area contributed by atoms with Crippen LogP contribution in [0.1, 0.15) is 168 Å². The van der Waals surface area contributed by atoms with Crippen LogP contribution in [0.25, 0.3) is 0 Å². The third-order valence-corrected chi connectivity index (χ3v) is 12.0. The van der Waals surface area contributed by atoms with Crippen molar-refractivity contribution >= 4 is 17.9 Å². The van der Waals surface area contributed by atoms with Gasteiger partial charge in [0.2, 0.25) is 0 Å². The van der Waals surface area contributed by atoms with E-state index in [4.69, 9.17) is 9.47 Å². The number of ether oxygens (including phenoxy) is 3. The predicted molar refractivity (Wildman–Crippen MR) is 187 cm³/mol. The number of hydrogen-bond acceptors (Lipinski definition) is 6. The number of esters is 3. The Bertz CT molecular complexity index is 1020. The Labute approximate surface area is 291 Å². The van der Waals surface area contributed by atoms with Crippen LogP contribution >= 0.6 is 0 Å². The Morgan fingerprint density at radius 3 is 1.65 bits per heavy atom. The molecule has 0 aliphatic heterocycles. The molecule has 48 heavy (non-hydrogen) atoms. The summed E-state index contributed by atoms with van der Waals surface area (Å²) >= 11 is 0. The molecule has 0 aromatic carbocycles. The fourth-order valence-electron chi connectivity index (χ4n) is 5.70. The average Bonchev–Trinajstić information content (AvgIpc) is 3.34. The Kier molecular flexibility index (Phi) is 17.7. The SMILES string of the molecule is CCC(C)(C)C(=O)OC(C)C(F)(F)F.CCC(C)(C)C(=O)OC1CC2CCC1(C)C2(C)C.CCCCC(CC)COC(=O)C(C)(C)CC. The Hall–Kier alpha value is -1.80. The van der Waals surface area contributed by atoms with Crippen molar-refractivity contribution in [1.29, 1.82) is 0 Å². The molecule has 2 saturated carbocycles. The van der Waals surface area contributed by atoms with Gasteiger partial charge in [0.25, 0.3) is 0 Å². The lowest BCUT2D eigenvalue weighted by molar-refractivity contribution is -0.221. The molecular formula is C39H71F3O6. The maximum absolute atomic E-state index is 12.3. The zero-order valence-corrected chi connectivity index (χ0v) is 33.2. The number of hydrogen-bond donors (Lipinski definition) is 0. The third-order valence-electron chi connectivity index (χ3n) is 12.0. The van der Waals surface area contributed by atoms with Gasteiger partial charge in [-0.15, -0.1) is 0 Å². The summed E-state index contributed by atoms with van der Waals surface area (Å²) in [7, 11) is 0. The number of carbonyl (C=O) groups excluding carboxylic acids is 3. The van der Waals surface area contributed by atoms with Gasteiger partial charge in [-0.25, -0.2) is 0 Å². The van der Waals surface area contributed by atoms with Crippen molar-refractivity contribution in [2.45, 2.75) is 186 Å². The van der Waals surface area contributed by atoms with Crippen molar-refractivity contribution in [3.8, 4) is 0 Å². The van der Waals surface area contributed by atoms with Crippen molar-refractivity contribution in [2.24, 2.45) is 38.9 Å². The van der Waals surface area contributed by atoms with Gasteiger partial charge in [0, 0.05) is 5.41 Å². The second kappa shape index (κ2) is 18.4. The fourth-order valence-corrected chi connectivity index (χ4v) is 5.70. The standard InChI is InChI=1S/C16H28O2.C14H28O2.C9H15F3O2/c1-7-14(2,3)13(17)18-12-10-11-8-9-16(12,6)15(11,4)5;1-6-9-10-12(7-2)11-16-13(15)14(4,5)8-3;1-5-8(3,4)7(13)14-6(2)9(10,11)12/h11-12H,7-10H2,1-6H3;12H,6-11H2,1-5H3;6H,5H2,1-4H3. The molecule has 0 spiro atoms. The maximum Gasteiger partial charge on any atom is 0.425 e. The summed E-state index contributed by atoms with van der Waals surface area (Å²) in [4.78, 5) is 35.3. The molecule has 0 heterocycles. The van der Waals surface area contributed by atoms with Crippen LogP contribution in [0.3, 0.4) is 0 Å². The third kappa shape index (κ3) is 12.5. The molecule has 6 nitrogen and oxygen atoms in total. The monoisotopic (exact) mass is 693 g/mol. The van der Waals surface area contributed by atoms with E-state index in [2.05, 4.69) is 39.4 Å². The molecule has 2 aliphatic rings. The van der Waals surface area contributed by atoms with Crippen molar-refractivity contribution in [3.05, 3.63) is 0 Å². The van der Waals surface area contributed by atoms with E-state index < -0.39 is 23.7 Å². The number of fused-ring (bicyclic) bond motifs is 2. The van der Waals surface area contributed by atoms with Crippen LogP contribution in [0.2, 0.25) is 0 Å². The normalized spacial score (nSPS) is 23.1. The van der Waals surface area contributed by atoms with E-state index in [9.17, 15) is 27.6 Å². The van der Waals surface area contributed by atoms with Crippen molar-refractivity contribution in [1.82, 2.24) is 0 Å². The second-order valence-electron chi connectivity index (χ2n) is 16.8. The highest BCUT2D eigenvalue weighted by Gasteiger charge is 2.63. The maximum atomic E-state index is 12.3. The lowest BCUT2D eigenvalue weighted by atomic mass is 9.70. The summed E-state index contributed by atoms with van der Waals surface area (Å²) in [5, 5.41) is 0. The quantitative estimate of drug-likeness (QED) is 0.133. The van der Waals surface area contributed by atoms with Crippen molar-refractivity contribution in [2.75, 3.05) is 6.61 Å². The second-order valence-corrected chi connectivity index (χ2v) is 16.8. The lowest BCUT2D eigenvalue weighted by Crippen LogP contribution is -2.40. The van der Waals surface area contributed by atoms with Crippen LogP contribution in [0.5, 0.6) is 0 Å². The fraction of sp³-hybridized carbons (Fsp3) is 0.923. The molecule has 284 valence electrons. The first-order valence-electron chi connectivity index (χ1n) is 18.4. The minimum Gasteiger partial charge on any atom is -0.465 e. The number of carbonyl (C=O) groups is 3. The van der Waals surface area contributed by atoms with E-state index in [1.165, 1.54) is 32.1 Å². The molecule has 9 heteroatoms. The van der Waals surface area contributed by atoms with Crippen molar-refractivity contribution in [3.63, 3.8) is 0 Å². The molecule has 0 amide bonds. The molecule has 2 bridgehead atoms. The molecule has 0 saturated heterocycles. The summed E-state index contributed by atoms with van der Waals surface area (Å²) in [6.07, 6.45) is 3.99. The van der Waals surface area contributed by atoms with Gasteiger partial charge in [0.05, 0.1) is 22.9 Å². The van der Waals surface area contributed by atoms with Gasteiger partial charge >= 0.3 is 24.1 Å². The van der Waals surface area contributed by atoms with Gasteiger partial charge in [0.15, 0.2) is 6.10 Å². The first-order valence-corrected chi connectivity index (χ1v) is 18.4. The molecule has 0 N–H and O–H groups in total. The molecular weight excluding hydrogens is 621 g/mol. The Morgan fingerprint density at radius 2 is 1.27 bits per heavy atom. The molecule has 2 aliphatic carbocycles. The largest absolute Gasteiger partial charge is 0.465 e. The lowest BCUT2D eigenvalue weighted by Gasteiger charge is -2.39. The van der Waals surface area contributed by atoms with Gasteiger partial charge in [0.1, 0.15) is 6.10 Å². The minimum atomic E-state index is -4.49. The van der Waals surface area contributed by atoms with Crippen LogP contribution in [0.4, 0.5) is 13.2 Å². The summed E-state index contributed by atoms with van der Waals surface area (Å²) < 4.78 is 51.7. The van der Waals surface area contributed by atoms with E-state index in [0.29, 0.717) is 24.4 Å². The average molecular weight is 693 g/mol. The molecule has 5 atom stereocenters. The minimum absolute atomic E-state index is 0.0143. The van der Waals surface area contributed by atoms with Crippen LogP contribution in [0.15, 0.2) is 0 Å². The van der Waals surface area contributed by atoms with E-state index >= 15 is 0 Å². The van der Waals surface area contributed by atoms with Crippen LogP contribution in [-0.2, 0) is 28.6 Å². The van der Waals surface area contributed by atoms with E-state index in [1.807, 2.05) is 41.5 Å². The van der Waals surface area contributed by atoms with Gasteiger partial charge in [-0.1, -0.05) is 74.7 Å². The van der Waals surface area contributed by atoms with Gasteiger partial charge in [-0.05, 0) is 111 Å². The molecule has 0 aromatic rings. The highest BCUT2D eigenvalue weighted by molar-refractivity contribution is 5.76. The smallest absolute Gasteiger partial charge is 0.425 e. The summed E-state index contributed by atoms with van der Waals surface area (Å²) in [6, 6.07) is 0. The Morgan fingerprint density at radius 1 is 0.792 bits per heavy atom. The highest BCUT2D eigenvalue weighted by Crippen LogP contribution is 2.66. The summed E-state index contributed by atoms with van der Waals surface area (Å²) in [6.45, 7) is 29.6. The zero-order valence-electron chi connectivity index (χ0n) is 33.2. The highest BCUT2D eigenvalue weighted by atomic mass is 19.4. The molecule has 2 fully saturated rings. The zero-order chi connectivity index (χ0) is 37.9. The van der Waals surface area contributed by atoms with Crippen LogP contribution in [-0.4, -0.2) is 42.9 Å². The van der Waals surface area contributed by atoms with E-state index in [1.54, 1.807) is 20.8 Å². The summed E-state index contributed by atoms with van der Waals surface area (Å²) in [5.41, 5.74) is -1.05. The first kappa shape index (κ1) is 46.2. The number of rotatable bonds is 14. The van der Waals surface area contributed by atoms with Gasteiger partial charge in [-0.3, -0.25) is 14.4 Å². The van der Waals surface area contributed by atoms with Crippen LogP contribution in [0, 0.1) is 38.9 Å². The van der Waals surface area contributed by atoms with Gasteiger partial charge < -0.3 is 14.2 Å². The molecule has 0 radical (unpaired) electrons. The van der Waals surface area contributed by atoms with E-state index in [0.717, 1.165) is 38.5 Å². The molecule has 0 aromatic heterocycles. The molecule has 2 rings (SSSR count). The number of alkyl halides is 3. The topological polar surface area (TPSA) is 78.9 Å². The van der Waals surface area contributed by atoms with Crippen LogP contribution < -0.4 is 0 Å². The number of halogens is 3.